The second-order valence-corrected chi connectivity index (χ2v) is 10.9. The first-order valence-corrected chi connectivity index (χ1v) is 11.8. The molecule has 0 saturated carbocycles. The van der Waals surface area contributed by atoms with E-state index in [1.54, 1.807) is 6.07 Å². The fraction of sp³-hybridized carbons (Fsp3) is 0.308. The minimum absolute atomic E-state index is 0.0140. The Morgan fingerprint density at radius 1 is 0.677 bits per heavy atom. The molecule has 3 rings (SSSR count). The highest BCUT2D eigenvalue weighted by Gasteiger charge is 2.18. The summed E-state index contributed by atoms with van der Waals surface area (Å²) in [7, 11) is -5.21. The fourth-order valence-electron chi connectivity index (χ4n) is 3.55. The van der Waals surface area contributed by atoms with Crippen molar-refractivity contribution < 1.29 is 18.9 Å². The van der Waals surface area contributed by atoms with Gasteiger partial charge in [0.15, 0.2) is 0 Å². The lowest BCUT2D eigenvalue weighted by Crippen LogP contribution is -2.19. The predicted molar refractivity (Wildman–Crippen MR) is 123 cm³/mol. The Morgan fingerprint density at radius 3 is 1.55 bits per heavy atom. The summed E-state index contributed by atoms with van der Waals surface area (Å²) in [6, 6.07) is 21.2. The van der Waals surface area contributed by atoms with Crippen LogP contribution in [0.5, 0.6) is 5.75 Å². The summed E-state index contributed by atoms with van der Waals surface area (Å²) in [5.41, 5.74) is 5.44. The normalized spacial score (nSPS) is 12.6. The van der Waals surface area contributed by atoms with Gasteiger partial charge < -0.3 is 18.9 Å². The van der Waals surface area contributed by atoms with Crippen molar-refractivity contribution in [3.63, 3.8) is 0 Å². The van der Waals surface area contributed by atoms with Crippen molar-refractivity contribution in [1.29, 1.82) is 0 Å². The van der Waals surface area contributed by atoms with E-state index in [4.69, 9.17) is 4.52 Å². The molecule has 0 heterocycles. The average Bonchev–Trinajstić information content (AvgIpc) is 2.65. The van der Waals surface area contributed by atoms with E-state index in [2.05, 4.69) is 53.7 Å². The van der Waals surface area contributed by atoms with E-state index in [-0.39, 0.29) is 16.6 Å². The summed E-state index contributed by atoms with van der Waals surface area (Å²) in [4.78, 5) is 22.8. The highest BCUT2D eigenvalue weighted by atomic mass is 31.2. The molecule has 0 aromatic heterocycles. The zero-order valence-electron chi connectivity index (χ0n) is 18.9. The van der Waals surface area contributed by atoms with Gasteiger partial charge in [0, 0.05) is 5.56 Å². The van der Waals surface area contributed by atoms with Crippen molar-refractivity contribution in [3.8, 4) is 28.0 Å². The molecule has 0 saturated heterocycles. The summed E-state index contributed by atoms with van der Waals surface area (Å²) >= 11 is 0. The van der Waals surface area contributed by atoms with Gasteiger partial charge in [-0.25, -0.2) is 0 Å². The molecule has 0 fully saturated rings. The summed E-state index contributed by atoms with van der Waals surface area (Å²) in [6.07, 6.45) is 0. The van der Waals surface area contributed by atoms with Crippen molar-refractivity contribution in [2.24, 2.45) is 0 Å². The van der Waals surface area contributed by atoms with Gasteiger partial charge in [-0.2, -0.15) is 0 Å². The highest BCUT2D eigenvalue weighted by molar-refractivity contribution is 7.43. The largest absolute Gasteiger partial charge is 0.780 e. The molecule has 4 nitrogen and oxygen atoms in total. The zero-order valence-corrected chi connectivity index (χ0v) is 19.8. The molecule has 0 aliphatic carbocycles. The molecule has 0 N–H and O–H groups in total. The third-order valence-corrected chi connectivity index (χ3v) is 5.76. The molecule has 164 valence electrons. The Balaban J connectivity index is 2.18. The Labute approximate surface area is 185 Å². The second kappa shape index (κ2) is 8.27. The molecule has 0 amide bonds. The summed E-state index contributed by atoms with van der Waals surface area (Å²) < 4.78 is 16.3. The van der Waals surface area contributed by atoms with Gasteiger partial charge in [-0.1, -0.05) is 102 Å². The quantitative estimate of drug-likeness (QED) is 0.483. The Morgan fingerprint density at radius 2 is 1.13 bits per heavy atom. The monoisotopic (exact) mass is 436 g/mol. The van der Waals surface area contributed by atoms with Crippen LogP contribution < -0.4 is 14.3 Å². The van der Waals surface area contributed by atoms with Crippen LogP contribution in [0, 0.1) is 0 Å². The molecule has 3 aromatic carbocycles. The van der Waals surface area contributed by atoms with E-state index >= 15 is 0 Å². The lowest BCUT2D eigenvalue weighted by molar-refractivity contribution is -0.333. The van der Waals surface area contributed by atoms with E-state index in [0.717, 1.165) is 22.3 Å². The third kappa shape index (κ3) is 5.65. The number of rotatable bonds is 4. The van der Waals surface area contributed by atoms with Crippen molar-refractivity contribution >= 4 is 7.82 Å². The second-order valence-electron chi connectivity index (χ2n) is 9.87. The molecular weight excluding hydrogens is 407 g/mol. The number of phosphoric acid groups is 1. The van der Waals surface area contributed by atoms with Crippen LogP contribution in [0.1, 0.15) is 52.7 Å². The Bertz CT molecular complexity index is 1100. The summed E-state index contributed by atoms with van der Waals surface area (Å²) in [5, 5.41) is 0. The number of hydrogen-bond donors (Lipinski definition) is 0. The number of phosphoric ester groups is 1. The maximum absolute atomic E-state index is 11.4. The van der Waals surface area contributed by atoms with Crippen LogP contribution in [0.25, 0.3) is 22.3 Å². The maximum Gasteiger partial charge on any atom is 0.132 e. The molecule has 5 heteroatoms. The Kier molecular flexibility index (Phi) is 6.21. The van der Waals surface area contributed by atoms with Crippen LogP contribution in [-0.4, -0.2) is 0 Å². The Hall–Kier alpha value is -2.39. The highest BCUT2D eigenvalue weighted by Crippen LogP contribution is 2.44. The molecule has 31 heavy (non-hydrogen) atoms. The molecule has 0 unspecified atom stereocenters. The lowest BCUT2D eigenvalue weighted by atomic mass is 9.84. The molecule has 0 radical (unpaired) electrons. The van der Waals surface area contributed by atoms with Crippen molar-refractivity contribution in [3.05, 3.63) is 77.9 Å². The molecular formula is C26H29O4P-2. The van der Waals surface area contributed by atoms with Gasteiger partial charge >= 0.3 is 0 Å². The zero-order chi connectivity index (χ0) is 23.0. The van der Waals surface area contributed by atoms with E-state index in [1.165, 1.54) is 11.6 Å². The van der Waals surface area contributed by atoms with Gasteiger partial charge in [0.05, 0.1) is 0 Å². The van der Waals surface area contributed by atoms with Crippen molar-refractivity contribution in [2.45, 2.75) is 52.4 Å². The van der Waals surface area contributed by atoms with Crippen LogP contribution in [0.4, 0.5) is 0 Å². The number of benzene rings is 3. The van der Waals surface area contributed by atoms with Gasteiger partial charge in [0.2, 0.25) is 0 Å². The van der Waals surface area contributed by atoms with Crippen molar-refractivity contribution in [2.75, 3.05) is 0 Å². The van der Waals surface area contributed by atoms with E-state index < -0.39 is 7.82 Å². The third-order valence-electron chi connectivity index (χ3n) is 5.34. The molecule has 0 aliphatic heterocycles. The SMILES string of the molecule is CC(C)(C)c1ccc(-c2cccc(OP(=O)([O-])[O-])c2-c2ccc(C(C)(C)C)cc2)cc1. The minimum atomic E-state index is -5.21. The van der Waals surface area contributed by atoms with Crippen LogP contribution in [0.3, 0.4) is 0 Å². The number of hydrogen-bond acceptors (Lipinski definition) is 4. The minimum Gasteiger partial charge on any atom is -0.780 e. The van der Waals surface area contributed by atoms with Crippen LogP contribution >= 0.6 is 7.82 Å². The lowest BCUT2D eigenvalue weighted by Gasteiger charge is -2.31. The molecule has 0 spiro atoms. The molecule has 3 aromatic rings. The molecule has 0 aliphatic rings. The smallest absolute Gasteiger partial charge is 0.132 e. The van der Waals surface area contributed by atoms with Crippen LogP contribution in [0.2, 0.25) is 0 Å². The van der Waals surface area contributed by atoms with Crippen LogP contribution in [-0.2, 0) is 15.4 Å². The van der Waals surface area contributed by atoms with Crippen LogP contribution in [0.15, 0.2) is 66.7 Å². The first-order chi connectivity index (χ1) is 14.3. The predicted octanol–water partition coefficient (Wildman–Crippen LogP) is 5.82. The van der Waals surface area contributed by atoms with E-state index in [1.807, 2.05) is 42.5 Å². The first kappa shape index (κ1) is 23.3. The topological polar surface area (TPSA) is 72.4 Å². The van der Waals surface area contributed by atoms with Gasteiger partial charge in [0.25, 0.3) is 0 Å². The van der Waals surface area contributed by atoms with Gasteiger partial charge in [-0.15, -0.1) is 0 Å². The van der Waals surface area contributed by atoms with Crippen molar-refractivity contribution in [1.82, 2.24) is 0 Å². The molecule has 0 atom stereocenters. The average molecular weight is 436 g/mol. The summed E-state index contributed by atoms with van der Waals surface area (Å²) in [5.74, 6) is 0.0363. The first-order valence-electron chi connectivity index (χ1n) is 10.3. The molecule has 0 bridgehead atoms. The van der Waals surface area contributed by atoms with E-state index in [0.29, 0.717) is 5.56 Å². The fourth-order valence-corrected chi connectivity index (χ4v) is 3.95. The standard InChI is InChI=1S/C26H31O4P/c1-25(2,3)20-14-10-18(11-15-20)22-8-7-9-23(30-31(27,28)29)24(22)19-12-16-21(17-13-19)26(4,5)6/h7-17H,1-6H3,(H2,27,28,29)/p-2. The van der Waals surface area contributed by atoms with Gasteiger partial charge in [-0.3, -0.25) is 0 Å². The maximum atomic E-state index is 11.4. The van der Waals surface area contributed by atoms with E-state index in [9.17, 15) is 14.4 Å². The van der Waals surface area contributed by atoms with Gasteiger partial charge in [0.1, 0.15) is 13.6 Å². The summed E-state index contributed by atoms with van der Waals surface area (Å²) in [6.45, 7) is 12.8. The van der Waals surface area contributed by atoms with Gasteiger partial charge in [-0.05, 0) is 44.7 Å².